The highest BCUT2D eigenvalue weighted by atomic mass is 79.9. The molecule has 2 heteroatoms. The predicted molar refractivity (Wildman–Crippen MR) is 165 cm³/mol. The van der Waals surface area contributed by atoms with E-state index in [0.717, 1.165) is 9.50 Å². The minimum Gasteiger partial charge on any atom is -0.0843 e. The lowest BCUT2D eigenvalue weighted by Gasteiger charge is -2.23. The number of benzene rings is 5. The molecule has 0 heterocycles. The van der Waals surface area contributed by atoms with Crippen LogP contribution in [0.5, 0.6) is 0 Å². The molecule has 5 aromatic carbocycles. The summed E-state index contributed by atoms with van der Waals surface area (Å²) >= 11 is 9.82. The van der Waals surface area contributed by atoms with Gasteiger partial charge in [-0.25, -0.2) is 0 Å². The van der Waals surface area contributed by atoms with Crippen LogP contribution in [0.3, 0.4) is 0 Å². The summed E-state index contributed by atoms with van der Waals surface area (Å²) in [5.41, 5.74) is 15.8. The monoisotopic (exact) mass is 574 g/mol. The van der Waals surface area contributed by atoms with E-state index in [1.165, 1.54) is 66.8 Å². The summed E-state index contributed by atoms with van der Waals surface area (Å²) in [4.78, 5) is 0. The third kappa shape index (κ3) is 3.42. The Hall–Kier alpha value is -3.13. The van der Waals surface area contributed by atoms with Crippen molar-refractivity contribution in [3.8, 4) is 44.5 Å². The second-order valence-corrected chi connectivity index (χ2v) is 13.1. The van der Waals surface area contributed by atoms with Crippen molar-refractivity contribution in [1.29, 1.82) is 0 Å². The molecule has 0 unspecified atom stereocenters. The van der Waals surface area contributed by atoms with E-state index >= 15 is 0 Å². The van der Waals surface area contributed by atoms with E-state index in [9.17, 15) is 0 Å². The van der Waals surface area contributed by atoms with Gasteiger partial charge in [-0.1, -0.05) is 110 Å². The molecule has 186 valence electrons. The van der Waals surface area contributed by atoms with E-state index in [0.29, 0.717) is 0 Å². The van der Waals surface area contributed by atoms with Crippen LogP contribution in [0.2, 0.25) is 5.02 Å². The van der Waals surface area contributed by atoms with Gasteiger partial charge in [-0.2, -0.15) is 0 Å². The molecule has 0 nitrogen and oxygen atoms in total. The molecule has 38 heavy (non-hydrogen) atoms. The van der Waals surface area contributed by atoms with Crippen molar-refractivity contribution in [2.75, 3.05) is 0 Å². The van der Waals surface area contributed by atoms with Crippen LogP contribution >= 0.6 is 27.5 Å². The Kier molecular flexibility index (Phi) is 5.16. The molecule has 0 bridgehead atoms. The maximum atomic E-state index is 6.14. The fourth-order valence-corrected chi connectivity index (χ4v) is 7.12. The topological polar surface area (TPSA) is 0 Å². The lowest BCUT2D eigenvalue weighted by atomic mass is 9.80. The first-order valence-corrected chi connectivity index (χ1v) is 14.3. The average Bonchev–Trinajstić information content (AvgIpc) is 3.27. The van der Waals surface area contributed by atoms with Crippen LogP contribution in [0.4, 0.5) is 0 Å². The van der Waals surface area contributed by atoms with Crippen molar-refractivity contribution >= 4 is 27.5 Å². The molecule has 0 aliphatic heterocycles. The van der Waals surface area contributed by atoms with E-state index in [-0.39, 0.29) is 10.8 Å². The highest BCUT2D eigenvalue weighted by Gasteiger charge is 2.37. The second kappa shape index (κ2) is 8.18. The Morgan fingerprint density at radius 3 is 1.24 bits per heavy atom. The minimum atomic E-state index is -0.0817. The van der Waals surface area contributed by atoms with Crippen LogP contribution in [0.15, 0.2) is 102 Å². The molecule has 0 radical (unpaired) electrons. The standard InChI is InChI=1S/C36H28BrCl/c1-35(2)31-17-22(21-5-11-26(38)12-6-21)7-13-27(31)28-14-8-23(18-32(28)35)24-9-15-29-30-16-10-25(37)20-34(30)36(3,4)33(29)19-24/h5-20H,1-4H3. The summed E-state index contributed by atoms with van der Waals surface area (Å²) in [5.74, 6) is 0. The van der Waals surface area contributed by atoms with Crippen LogP contribution in [0.25, 0.3) is 44.5 Å². The smallest absolute Gasteiger partial charge is 0.0406 e. The highest BCUT2D eigenvalue weighted by molar-refractivity contribution is 9.10. The van der Waals surface area contributed by atoms with Crippen LogP contribution in [-0.4, -0.2) is 0 Å². The van der Waals surface area contributed by atoms with Gasteiger partial charge in [0.2, 0.25) is 0 Å². The molecule has 0 N–H and O–H groups in total. The minimum absolute atomic E-state index is 0.0330. The maximum Gasteiger partial charge on any atom is 0.0406 e. The van der Waals surface area contributed by atoms with Gasteiger partial charge >= 0.3 is 0 Å². The van der Waals surface area contributed by atoms with E-state index in [1.54, 1.807) is 0 Å². The molecule has 2 aliphatic rings. The molecule has 2 aliphatic carbocycles. The molecule has 0 saturated carbocycles. The number of hydrogen-bond acceptors (Lipinski definition) is 0. The molecular weight excluding hydrogens is 548 g/mol. The van der Waals surface area contributed by atoms with Gasteiger partial charge in [0, 0.05) is 20.3 Å². The zero-order chi connectivity index (χ0) is 26.4. The number of halogens is 2. The van der Waals surface area contributed by atoms with Gasteiger partial charge < -0.3 is 0 Å². The Bertz CT molecular complexity index is 1770. The number of rotatable bonds is 2. The normalized spacial score (nSPS) is 15.5. The molecular formula is C36H28BrCl. The molecule has 0 spiro atoms. The Balaban J connectivity index is 1.30. The van der Waals surface area contributed by atoms with Gasteiger partial charge in [-0.3, -0.25) is 0 Å². The third-order valence-electron chi connectivity index (χ3n) is 8.82. The van der Waals surface area contributed by atoms with Crippen LogP contribution in [0, 0.1) is 0 Å². The lowest BCUT2D eigenvalue weighted by Crippen LogP contribution is -2.15. The number of fused-ring (bicyclic) bond motifs is 6. The number of hydrogen-bond donors (Lipinski definition) is 0. The Morgan fingerprint density at radius 2 is 0.789 bits per heavy atom. The SMILES string of the molecule is CC1(C)c2cc(Br)ccc2-c2ccc(-c3ccc4c(c3)C(C)(C)c3cc(-c5ccc(Cl)cc5)ccc3-4)cc21. The van der Waals surface area contributed by atoms with Crippen LogP contribution < -0.4 is 0 Å². The molecule has 7 rings (SSSR count). The summed E-state index contributed by atoms with van der Waals surface area (Å²) in [5, 5.41) is 0.766. The fourth-order valence-electron chi connectivity index (χ4n) is 6.63. The van der Waals surface area contributed by atoms with Crippen molar-refractivity contribution in [2.45, 2.75) is 38.5 Å². The van der Waals surface area contributed by atoms with E-state index in [2.05, 4.69) is 129 Å². The van der Waals surface area contributed by atoms with Crippen molar-refractivity contribution in [2.24, 2.45) is 0 Å². The molecule has 0 aromatic heterocycles. The van der Waals surface area contributed by atoms with E-state index < -0.39 is 0 Å². The van der Waals surface area contributed by atoms with E-state index in [1.807, 2.05) is 12.1 Å². The summed E-state index contributed by atoms with van der Waals surface area (Å²) in [6.45, 7) is 9.39. The summed E-state index contributed by atoms with van der Waals surface area (Å²) < 4.78 is 1.14. The van der Waals surface area contributed by atoms with Crippen molar-refractivity contribution in [1.82, 2.24) is 0 Å². The van der Waals surface area contributed by atoms with Gasteiger partial charge in [0.15, 0.2) is 0 Å². The van der Waals surface area contributed by atoms with Crippen molar-refractivity contribution in [3.63, 3.8) is 0 Å². The quantitative estimate of drug-likeness (QED) is 0.196. The first-order valence-electron chi connectivity index (χ1n) is 13.2. The highest BCUT2D eigenvalue weighted by Crippen LogP contribution is 2.52. The second-order valence-electron chi connectivity index (χ2n) is 11.7. The zero-order valence-electron chi connectivity index (χ0n) is 22.0. The maximum absolute atomic E-state index is 6.14. The Labute approximate surface area is 238 Å². The fraction of sp³-hybridized carbons (Fsp3) is 0.167. The van der Waals surface area contributed by atoms with Gasteiger partial charge in [0.05, 0.1) is 0 Å². The summed E-state index contributed by atoms with van der Waals surface area (Å²) in [6.07, 6.45) is 0. The predicted octanol–water partition coefficient (Wildman–Crippen LogP) is 11.0. The summed E-state index contributed by atoms with van der Waals surface area (Å²) in [7, 11) is 0. The van der Waals surface area contributed by atoms with Crippen molar-refractivity contribution in [3.05, 3.63) is 129 Å². The van der Waals surface area contributed by atoms with Crippen molar-refractivity contribution < 1.29 is 0 Å². The van der Waals surface area contributed by atoms with E-state index in [4.69, 9.17) is 11.6 Å². The Morgan fingerprint density at radius 1 is 0.447 bits per heavy atom. The molecule has 0 amide bonds. The lowest BCUT2D eigenvalue weighted by molar-refractivity contribution is 0.659. The third-order valence-corrected chi connectivity index (χ3v) is 9.57. The van der Waals surface area contributed by atoms with Crippen LogP contribution in [-0.2, 0) is 10.8 Å². The first-order chi connectivity index (χ1) is 18.1. The largest absolute Gasteiger partial charge is 0.0843 e. The zero-order valence-corrected chi connectivity index (χ0v) is 24.3. The average molecular weight is 576 g/mol. The van der Waals surface area contributed by atoms with Gasteiger partial charge in [0.25, 0.3) is 0 Å². The van der Waals surface area contributed by atoms with Gasteiger partial charge in [-0.05, 0) is 109 Å². The molecule has 0 fully saturated rings. The molecule has 0 saturated heterocycles. The molecule has 0 atom stereocenters. The van der Waals surface area contributed by atoms with Crippen LogP contribution in [0.1, 0.15) is 49.9 Å². The molecule has 5 aromatic rings. The summed E-state index contributed by atoms with van der Waals surface area (Å²) in [6, 6.07) is 35.8. The van der Waals surface area contributed by atoms with Gasteiger partial charge in [0.1, 0.15) is 0 Å². The van der Waals surface area contributed by atoms with Gasteiger partial charge in [-0.15, -0.1) is 0 Å². The first kappa shape index (κ1) is 23.9.